The van der Waals surface area contributed by atoms with Gasteiger partial charge in [0.15, 0.2) is 6.10 Å². The molecule has 0 radical (unpaired) electrons. The van der Waals surface area contributed by atoms with Crippen molar-refractivity contribution in [1.29, 1.82) is 0 Å². The van der Waals surface area contributed by atoms with Crippen molar-refractivity contribution in [3.05, 3.63) is 53.6 Å². The fourth-order valence-corrected chi connectivity index (χ4v) is 2.59. The van der Waals surface area contributed by atoms with Gasteiger partial charge in [-0.2, -0.15) is 0 Å². The highest BCUT2D eigenvalue weighted by atomic mass is 16.5. The van der Waals surface area contributed by atoms with Crippen molar-refractivity contribution >= 4 is 17.6 Å². The summed E-state index contributed by atoms with van der Waals surface area (Å²) in [5.74, 6) is 0.0526. The van der Waals surface area contributed by atoms with Crippen LogP contribution in [0.3, 0.4) is 0 Å². The SMILES string of the molecule is COc1ccc(C(=O)Nc2ccc3c(c2)CCC(C(=O)O)O3)cc1. The van der Waals surface area contributed by atoms with Gasteiger partial charge in [-0.1, -0.05) is 0 Å². The van der Waals surface area contributed by atoms with Crippen LogP contribution in [0.25, 0.3) is 0 Å². The summed E-state index contributed by atoms with van der Waals surface area (Å²) in [6.45, 7) is 0. The highest BCUT2D eigenvalue weighted by Crippen LogP contribution is 2.30. The Balaban J connectivity index is 1.72. The molecule has 1 unspecified atom stereocenters. The van der Waals surface area contributed by atoms with E-state index in [1.165, 1.54) is 0 Å². The third-order valence-corrected chi connectivity index (χ3v) is 3.89. The first-order chi connectivity index (χ1) is 11.6. The molecule has 1 atom stereocenters. The number of carbonyl (C=O) groups is 2. The van der Waals surface area contributed by atoms with E-state index < -0.39 is 12.1 Å². The van der Waals surface area contributed by atoms with Gasteiger partial charge < -0.3 is 19.9 Å². The lowest BCUT2D eigenvalue weighted by Gasteiger charge is -2.23. The Hall–Kier alpha value is -3.02. The van der Waals surface area contributed by atoms with Crippen LogP contribution in [0, 0.1) is 0 Å². The molecule has 0 saturated carbocycles. The van der Waals surface area contributed by atoms with Gasteiger partial charge in [0.25, 0.3) is 5.91 Å². The average molecular weight is 327 g/mol. The molecule has 0 bridgehead atoms. The fraction of sp³-hybridized carbons (Fsp3) is 0.222. The second kappa shape index (κ2) is 6.62. The van der Waals surface area contributed by atoms with Crippen LogP contribution in [0.4, 0.5) is 5.69 Å². The van der Waals surface area contributed by atoms with Crippen molar-refractivity contribution in [1.82, 2.24) is 0 Å². The number of benzene rings is 2. The maximum Gasteiger partial charge on any atom is 0.344 e. The van der Waals surface area contributed by atoms with Crippen LogP contribution in [0.15, 0.2) is 42.5 Å². The van der Waals surface area contributed by atoms with E-state index in [1.54, 1.807) is 43.5 Å². The predicted molar refractivity (Wildman–Crippen MR) is 87.8 cm³/mol. The van der Waals surface area contributed by atoms with Gasteiger partial charge in [-0.15, -0.1) is 0 Å². The third-order valence-electron chi connectivity index (χ3n) is 3.89. The number of fused-ring (bicyclic) bond motifs is 1. The Labute approximate surface area is 139 Å². The minimum atomic E-state index is -0.961. The molecule has 3 rings (SSSR count). The van der Waals surface area contributed by atoms with Gasteiger partial charge in [0.2, 0.25) is 0 Å². The quantitative estimate of drug-likeness (QED) is 0.902. The number of hydrogen-bond acceptors (Lipinski definition) is 4. The van der Waals surface area contributed by atoms with Crippen LogP contribution >= 0.6 is 0 Å². The number of aryl methyl sites for hydroxylation is 1. The summed E-state index contributed by atoms with van der Waals surface area (Å²) < 4.78 is 10.5. The van der Waals surface area contributed by atoms with Gasteiger partial charge in [0.1, 0.15) is 11.5 Å². The topological polar surface area (TPSA) is 84.9 Å². The van der Waals surface area contributed by atoms with Crippen molar-refractivity contribution in [3.63, 3.8) is 0 Å². The summed E-state index contributed by atoms with van der Waals surface area (Å²) in [5, 5.41) is 11.8. The van der Waals surface area contributed by atoms with Crippen LogP contribution in [0.1, 0.15) is 22.3 Å². The van der Waals surface area contributed by atoms with Crippen LogP contribution in [0.2, 0.25) is 0 Å². The van der Waals surface area contributed by atoms with Crippen molar-refractivity contribution in [2.45, 2.75) is 18.9 Å². The molecule has 124 valence electrons. The molecular weight excluding hydrogens is 310 g/mol. The van der Waals surface area contributed by atoms with Gasteiger partial charge in [-0.25, -0.2) is 4.79 Å². The molecule has 24 heavy (non-hydrogen) atoms. The van der Waals surface area contributed by atoms with E-state index in [4.69, 9.17) is 14.6 Å². The van der Waals surface area contributed by atoms with Gasteiger partial charge in [0.05, 0.1) is 7.11 Å². The lowest BCUT2D eigenvalue weighted by Crippen LogP contribution is -2.30. The molecule has 0 spiro atoms. The van der Waals surface area contributed by atoms with Gasteiger partial charge in [-0.3, -0.25) is 4.79 Å². The fourth-order valence-electron chi connectivity index (χ4n) is 2.59. The molecule has 6 heteroatoms. The summed E-state index contributed by atoms with van der Waals surface area (Å²) in [6.07, 6.45) is 0.203. The number of ether oxygens (including phenoxy) is 2. The molecule has 6 nitrogen and oxygen atoms in total. The minimum Gasteiger partial charge on any atom is -0.497 e. The summed E-state index contributed by atoms with van der Waals surface area (Å²) >= 11 is 0. The van der Waals surface area contributed by atoms with E-state index in [0.29, 0.717) is 35.6 Å². The molecule has 1 aliphatic heterocycles. The molecule has 2 aromatic rings. The summed E-state index contributed by atoms with van der Waals surface area (Å²) in [4.78, 5) is 23.3. The minimum absolute atomic E-state index is 0.224. The van der Waals surface area contributed by atoms with Crippen molar-refractivity contribution < 1.29 is 24.2 Å². The molecule has 1 aliphatic rings. The van der Waals surface area contributed by atoms with Crippen LogP contribution in [-0.4, -0.2) is 30.2 Å². The highest BCUT2D eigenvalue weighted by Gasteiger charge is 2.25. The molecule has 1 amide bonds. The van der Waals surface area contributed by atoms with Crippen molar-refractivity contribution in [2.24, 2.45) is 0 Å². The number of methoxy groups -OCH3 is 1. The number of carboxylic acid groups (broad SMARTS) is 1. The van der Waals surface area contributed by atoms with Crippen molar-refractivity contribution in [2.75, 3.05) is 12.4 Å². The highest BCUT2D eigenvalue weighted by molar-refractivity contribution is 6.04. The number of aliphatic carboxylic acids is 1. The van der Waals surface area contributed by atoms with Crippen LogP contribution < -0.4 is 14.8 Å². The lowest BCUT2D eigenvalue weighted by molar-refractivity contribution is -0.145. The summed E-state index contributed by atoms with van der Waals surface area (Å²) in [5.41, 5.74) is 2.06. The molecule has 0 saturated heterocycles. The monoisotopic (exact) mass is 327 g/mol. The Morgan fingerprint density at radius 3 is 2.62 bits per heavy atom. The molecular formula is C18H17NO5. The first-order valence-electron chi connectivity index (χ1n) is 7.54. The largest absolute Gasteiger partial charge is 0.497 e. The summed E-state index contributed by atoms with van der Waals surface area (Å²) in [7, 11) is 1.57. The average Bonchev–Trinajstić information content (AvgIpc) is 2.61. The maximum absolute atomic E-state index is 12.3. The second-order valence-corrected chi connectivity index (χ2v) is 5.49. The first-order valence-corrected chi connectivity index (χ1v) is 7.54. The molecule has 2 N–H and O–H groups in total. The zero-order valence-corrected chi connectivity index (χ0v) is 13.1. The zero-order chi connectivity index (χ0) is 17.1. The normalized spacial score (nSPS) is 15.8. The van der Waals surface area contributed by atoms with E-state index in [2.05, 4.69) is 5.32 Å². The van der Waals surface area contributed by atoms with E-state index in [9.17, 15) is 9.59 Å². The standard InChI is InChI=1S/C18H17NO5/c1-23-14-6-2-11(3-7-14)17(20)19-13-5-9-15-12(10-13)4-8-16(24-15)18(21)22/h2-3,5-7,9-10,16H,4,8H2,1H3,(H,19,20)(H,21,22). The number of rotatable bonds is 4. The molecule has 1 heterocycles. The Bertz CT molecular complexity index is 769. The smallest absolute Gasteiger partial charge is 0.344 e. The molecule has 0 fully saturated rings. The van der Waals surface area contributed by atoms with Crippen LogP contribution in [0.5, 0.6) is 11.5 Å². The number of nitrogens with one attached hydrogen (secondary N) is 1. The zero-order valence-electron chi connectivity index (χ0n) is 13.1. The Morgan fingerprint density at radius 1 is 1.21 bits per heavy atom. The Morgan fingerprint density at radius 2 is 1.96 bits per heavy atom. The first kappa shape index (κ1) is 15.9. The van der Waals surface area contributed by atoms with Crippen LogP contribution in [-0.2, 0) is 11.2 Å². The third kappa shape index (κ3) is 3.32. The number of carbonyl (C=O) groups excluding carboxylic acids is 1. The number of hydrogen-bond donors (Lipinski definition) is 2. The molecule has 0 aliphatic carbocycles. The number of carboxylic acids is 1. The Kier molecular flexibility index (Phi) is 4.37. The lowest BCUT2D eigenvalue weighted by atomic mass is 10.0. The van der Waals surface area contributed by atoms with Gasteiger partial charge in [-0.05, 0) is 60.9 Å². The van der Waals surface area contributed by atoms with Gasteiger partial charge >= 0.3 is 5.97 Å². The van der Waals surface area contributed by atoms with E-state index in [0.717, 1.165) is 5.56 Å². The number of amides is 1. The predicted octanol–water partition coefficient (Wildman–Crippen LogP) is 2.73. The van der Waals surface area contributed by atoms with Gasteiger partial charge in [0, 0.05) is 11.3 Å². The maximum atomic E-state index is 12.3. The molecule has 2 aromatic carbocycles. The second-order valence-electron chi connectivity index (χ2n) is 5.49. The van der Waals surface area contributed by atoms with Crippen molar-refractivity contribution in [3.8, 4) is 11.5 Å². The van der Waals surface area contributed by atoms with E-state index >= 15 is 0 Å². The summed E-state index contributed by atoms with van der Waals surface area (Å²) in [6, 6.07) is 12.0. The molecule has 0 aromatic heterocycles. The number of anilines is 1. The van der Waals surface area contributed by atoms with E-state index in [-0.39, 0.29) is 5.91 Å². The van der Waals surface area contributed by atoms with E-state index in [1.807, 2.05) is 6.07 Å².